The van der Waals surface area contributed by atoms with Gasteiger partial charge < -0.3 is 5.32 Å². The molecule has 0 aliphatic rings. The molecular formula is C20H21ClN4OS. The molecule has 1 atom stereocenters. The average Bonchev–Trinajstić information content (AvgIpc) is 3.14. The molecule has 1 unspecified atom stereocenters. The fourth-order valence-corrected chi connectivity index (χ4v) is 3.44. The fourth-order valence-electron chi connectivity index (χ4n) is 2.45. The van der Waals surface area contributed by atoms with E-state index in [0.717, 1.165) is 16.3 Å². The second-order valence-electron chi connectivity index (χ2n) is 6.45. The number of hydrogen-bond donors (Lipinski definition) is 2. The molecule has 0 spiro atoms. The number of anilines is 1. The number of carbonyl (C=O) groups excluding carboxylic acids is 1. The van der Waals surface area contributed by atoms with Crippen molar-refractivity contribution in [2.45, 2.75) is 36.8 Å². The molecule has 7 heteroatoms. The molecule has 3 aromatic rings. The highest BCUT2D eigenvalue weighted by molar-refractivity contribution is 8.00. The molecule has 0 saturated heterocycles. The van der Waals surface area contributed by atoms with Crippen molar-refractivity contribution in [1.29, 1.82) is 0 Å². The van der Waals surface area contributed by atoms with Gasteiger partial charge in [0.2, 0.25) is 5.91 Å². The first-order chi connectivity index (χ1) is 12.9. The number of rotatable bonds is 6. The number of carbonyl (C=O) groups is 1. The van der Waals surface area contributed by atoms with Gasteiger partial charge in [-0.1, -0.05) is 37.6 Å². The Balaban J connectivity index is 1.74. The first-order valence-corrected chi connectivity index (χ1v) is 9.94. The molecule has 27 heavy (non-hydrogen) atoms. The third-order valence-corrected chi connectivity index (χ3v) is 5.34. The third kappa shape index (κ3) is 4.90. The molecule has 2 aromatic carbocycles. The van der Waals surface area contributed by atoms with E-state index in [-0.39, 0.29) is 17.1 Å². The SMILES string of the molecule is CC(Sc1ccc(Cl)cc1)C(=O)Nc1ccccc1-c1n[nH]c(C(C)C)n1. The van der Waals surface area contributed by atoms with Crippen molar-refractivity contribution < 1.29 is 4.79 Å². The maximum Gasteiger partial charge on any atom is 0.237 e. The normalized spacial score (nSPS) is 12.2. The molecule has 0 fully saturated rings. The Morgan fingerprint density at radius 1 is 1.11 bits per heavy atom. The minimum Gasteiger partial charge on any atom is -0.324 e. The van der Waals surface area contributed by atoms with E-state index in [1.54, 1.807) is 0 Å². The average molecular weight is 401 g/mol. The van der Waals surface area contributed by atoms with Gasteiger partial charge in [0.1, 0.15) is 5.82 Å². The number of hydrogen-bond acceptors (Lipinski definition) is 4. The maximum absolute atomic E-state index is 12.7. The van der Waals surface area contributed by atoms with Gasteiger partial charge >= 0.3 is 0 Å². The van der Waals surface area contributed by atoms with Gasteiger partial charge in [0.25, 0.3) is 0 Å². The van der Waals surface area contributed by atoms with Crippen LogP contribution in [0.2, 0.25) is 5.02 Å². The minimum absolute atomic E-state index is 0.0815. The van der Waals surface area contributed by atoms with Gasteiger partial charge in [-0.25, -0.2) is 4.98 Å². The van der Waals surface area contributed by atoms with Crippen LogP contribution < -0.4 is 5.32 Å². The quantitative estimate of drug-likeness (QED) is 0.546. The van der Waals surface area contributed by atoms with Gasteiger partial charge in [0.15, 0.2) is 5.82 Å². The van der Waals surface area contributed by atoms with E-state index < -0.39 is 0 Å². The maximum atomic E-state index is 12.7. The first kappa shape index (κ1) is 19.5. The summed E-state index contributed by atoms with van der Waals surface area (Å²) in [5, 5.41) is 10.7. The molecule has 5 nitrogen and oxygen atoms in total. The van der Waals surface area contributed by atoms with Crippen LogP contribution in [0.25, 0.3) is 11.4 Å². The van der Waals surface area contributed by atoms with Crippen LogP contribution in [0.15, 0.2) is 53.4 Å². The molecule has 0 aliphatic heterocycles. The summed E-state index contributed by atoms with van der Waals surface area (Å²) in [5.41, 5.74) is 1.48. The topological polar surface area (TPSA) is 70.7 Å². The molecule has 0 radical (unpaired) electrons. The summed E-state index contributed by atoms with van der Waals surface area (Å²) in [4.78, 5) is 18.2. The van der Waals surface area contributed by atoms with Crippen LogP contribution in [0, 0.1) is 0 Å². The lowest BCUT2D eigenvalue weighted by Crippen LogP contribution is -2.22. The Bertz CT molecular complexity index is 924. The largest absolute Gasteiger partial charge is 0.324 e. The summed E-state index contributed by atoms with van der Waals surface area (Å²) in [5.74, 6) is 1.57. The highest BCUT2D eigenvalue weighted by Crippen LogP contribution is 2.29. The Kier molecular flexibility index (Phi) is 6.19. The first-order valence-electron chi connectivity index (χ1n) is 8.69. The van der Waals surface area contributed by atoms with Gasteiger partial charge in [-0.3, -0.25) is 9.89 Å². The Morgan fingerprint density at radius 3 is 2.48 bits per heavy atom. The zero-order chi connectivity index (χ0) is 19.4. The molecule has 0 aliphatic carbocycles. The number of H-pyrrole nitrogens is 1. The molecule has 2 N–H and O–H groups in total. The number of thioether (sulfide) groups is 1. The van der Waals surface area contributed by atoms with Crippen LogP contribution >= 0.6 is 23.4 Å². The van der Waals surface area contributed by atoms with Crippen LogP contribution in [-0.2, 0) is 4.79 Å². The van der Waals surface area contributed by atoms with Crippen LogP contribution in [0.4, 0.5) is 5.69 Å². The van der Waals surface area contributed by atoms with E-state index >= 15 is 0 Å². The van der Waals surface area contributed by atoms with E-state index in [1.807, 2.05) is 69.3 Å². The van der Waals surface area contributed by atoms with Crippen molar-refractivity contribution in [2.75, 3.05) is 5.32 Å². The fraction of sp³-hybridized carbons (Fsp3) is 0.250. The summed E-state index contributed by atoms with van der Waals surface area (Å²) >= 11 is 7.39. The number of nitrogens with zero attached hydrogens (tertiary/aromatic N) is 2. The molecular weight excluding hydrogens is 380 g/mol. The van der Waals surface area contributed by atoms with Gasteiger partial charge in [0.05, 0.1) is 10.9 Å². The van der Waals surface area contributed by atoms with Crippen molar-refractivity contribution in [3.63, 3.8) is 0 Å². The summed E-state index contributed by atoms with van der Waals surface area (Å²) < 4.78 is 0. The molecule has 0 bridgehead atoms. The molecule has 140 valence electrons. The number of aromatic nitrogens is 3. The van der Waals surface area contributed by atoms with Gasteiger partial charge in [-0.05, 0) is 43.3 Å². The Morgan fingerprint density at radius 2 is 1.81 bits per heavy atom. The second kappa shape index (κ2) is 8.59. The highest BCUT2D eigenvalue weighted by atomic mass is 35.5. The lowest BCUT2D eigenvalue weighted by Gasteiger charge is -2.14. The number of benzene rings is 2. The summed E-state index contributed by atoms with van der Waals surface area (Å²) in [6.07, 6.45) is 0. The van der Waals surface area contributed by atoms with Crippen LogP contribution in [0.5, 0.6) is 0 Å². The van der Waals surface area contributed by atoms with E-state index in [4.69, 9.17) is 11.6 Å². The predicted octanol–water partition coefficient (Wildman–Crippen LogP) is 5.37. The number of para-hydroxylation sites is 1. The number of halogens is 1. The van der Waals surface area contributed by atoms with E-state index in [9.17, 15) is 4.79 Å². The van der Waals surface area contributed by atoms with Gasteiger partial charge in [-0.2, -0.15) is 5.10 Å². The van der Waals surface area contributed by atoms with Crippen LogP contribution in [0.1, 0.15) is 32.5 Å². The van der Waals surface area contributed by atoms with Crippen molar-refractivity contribution in [3.8, 4) is 11.4 Å². The third-order valence-electron chi connectivity index (χ3n) is 3.97. The monoisotopic (exact) mass is 400 g/mol. The smallest absolute Gasteiger partial charge is 0.237 e. The summed E-state index contributed by atoms with van der Waals surface area (Å²) in [7, 11) is 0. The molecule has 1 aromatic heterocycles. The zero-order valence-electron chi connectivity index (χ0n) is 15.4. The Labute approximate surface area is 167 Å². The number of aromatic amines is 1. The molecule has 3 rings (SSSR count). The van der Waals surface area contributed by atoms with Gasteiger partial charge in [0, 0.05) is 21.4 Å². The highest BCUT2D eigenvalue weighted by Gasteiger charge is 2.18. The van der Waals surface area contributed by atoms with E-state index in [1.165, 1.54) is 11.8 Å². The van der Waals surface area contributed by atoms with Crippen molar-refractivity contribution in [3.05, 3.63) is 59.4 Å². The summed E-state index contributed by atoms with van der Waals surface area (Å²) in [6.45, 7) is 5.97. The second-order valence-corrected chi connectivity index (χ2v) is 8.30. The van der Waals surface area contributed by atoms with Crippen molar-refractivity contribution >= 4 is 35.0 Å². The van der Waals surface area contributed by atoms with Crippen LogP contribution in [0.3, 0.4) is 0 Å². The molecule has 0 saturated carbocycles. The van der Waals surface area contributed by atoms with E-state index in [2.05, 4.69) is 20.5 Å². The van der Waals surface area contributed by atoms with Crippen molar-refractivity contribution in [1.82, 2.24) is 15.2 Å². The molecule has 1 amide bonds. The zero-order valence-corrected chi connectivity index (χ0v) is 16.9. The predicted molar refractivity (Wildman–Crippen MR) is 111 cm³/mol. The lowest BCUT2D eigenvalue weighted by atomic mass is 10.1. The lowest BCUT2D eigenvalue weighted by molar-refractivity contribution is -0.115. The van der Waals surface area contributed by atoms with E-state index in [0.29, 0.717) is 16.5 Å². The van der Waals surface area contributed by atoms with Crippen LogP contribution in [-0.4, -0.2) is 26.3 Å². The minimum atomic E-state index is -0.266. The number of nitrogens with one attached hydrogen (secondary N) is 2. The van der Waals surface area contributed by atoms with Gasteiger partial charge in [-0.15, -0.1) is 11.8 Å². The molecule has 1 heterocycles. The number of amides is 1. The summed E-state index contributed by atoms with van der Waals surface area (Å²) in [6, 6.07) is 15.0. The van der Waals surface area contributed by atoms with Crippen molar-refractivity contribution in [2.24, 2.45) is 0 Å². The Hall–Kier alpha value is -2.31. The standard InChI is InChI=1S/C20H21ClN4OS/c1-12(2)18-23-19(25-24-18)16-6-4-5-7-17(16)22-20(26)13(3)27-15-10-8-14(21)9-11-15/h4-13H,1-3H3,(H,22,26)(H,23,24,25).